The summed E-state index contributed by atoms with van der Waals surface area (Å²) >= 11 is 0. The van der Waals surface area contributed by atoms with Gasteiger partial charge in [0.1, 0.15) is 11.9 Å². The Morgan fingerprint density at radius 2 is 1.67 bits per heavy atom. The molecule has 1 atom stereocenters. The van der Waals surface area contributed by atoms with Gasteiger partial charge < -0.3 is 10.1 Å². The molecule has 18 heavy (non-hydrogen) atoms. The molecule has 2 nitrogen and oxygen atoms in total. The third kappa shape index (κ3) is 5.54. The van der Waals surface area contributed by atoms with Crippen molar-refractivity contribution in [1.82, 2.24) is 5.32 Å². The number of hydrogen-bond donors (Lipinski definition) is 1. The van der Waals surface area contributed by atoms with Crippen LogP contribution in [-0.2, 0) is 0 Å². The number of hydrogen-bond acceptors (Lipinski definition) is 2. The van der Waals surface area contributed by atoms with Crippen molar-refractivity contribution in [3.63, 3.8) is 0 Å². The van der Waals surface area contributed by atoms with Gasteiger partial charge in [-0.25, -0.2) is 0 Å². The van der Waals surface area contributed by atoms with Crippen molar-refractivity contribution in [2.75, 3.05) is 13.1 Å². The molecule has 1 unspecified atom stereocenters. The number of nitrogens with one attached hydrogen (secondary N) is 1. The van der Waals surface area contributed by atoms with E-state index in [1.165, 1.54) is 11.1 Å². The fraction of sp³-hybridized carbons (Fsp3) is 0.625. The molecule has 0 aromatic heterocycles. The zero-order valence-electron chi connectivity index (χ0n) is 12.4. The first-order valence-corrected chi connectivity index (χ1v) is 6.97. The third-order valence-corrected chi connectivity index (χ3v) is 2.88. The Labute approximate surface area is 112 Å². The number of benzene rings is 1. The topological polar surface area (TPSA) is 21.3 Å². The predicted octanol–water partition coefficient (Wildman–Crippen LogP) is 3.71. The third-order valence-electron chi connectivity index (χ3n) is 2.88. The predicted molar refractivity (Wildman–Crippen MR) is 78.3 cm³/mol. The Kier molecular flexibility index (Phi) is 6.20. The maximum atomic E-state index is 6.04. The van der Waals surface area contributed by atoms with Crippen LogP contribution in [0.2, 0.25) is 0 Å². The second-order valence-electron chi connectivity index (χ2n) is 5.52. The summed E-state index contributed by atoms with van der Waals surface area (Å²) < 4.78 is 6.04. The van der Waals surface area contributed by atoms with Crippen LogP contribution in [0.25, 0.3) is 0 Å². The van der Waals surface area contributed by atoms with E-state index in [2.05, 4.69) is 58.1 Å². The minimum absolute atomic E-state index is 0.255. The van der Waals surface area contributed by atoms with E-state index in [1.807, 2.05) is 0 Å². The first kappa shape index (κ1) is 15.0. The molecule has 0 bridgehead atoms. The van der Waals surface area contributed by atoms with Crippen LogP contribution in [0.15, 0.2) is 18.2 Å². The van der Waals surface area contributed by atoms with E-state index in [0.717, 1.165) is 25.3 Å². The monoisotopic (exact) mass is 249 g/mol. The van der Waals surface area contributed by atoms with Crippen molar-refractivity contribution in [2.24, 2.45) is 5.92 Å². The second-order valence-corrected chi connectivity index (χ2v) is 5.52. The van der Waals surface area contributed by atoms with Crippen LogP contribution in [0.3, 0.4) is 0 Å². The van der Waals surface area contributed by atoms with E-state index in [4.69, 9.17) is 4.74 Å². The normalized spacial score (nSPS) is 12.8. The summed E-state index contributed by atoms with van der Waals surface area (Å²) in [6.45, 7) is 12.8. The maximum absolute atomic E-state index is 6.04. The van der Waals surface area contributed by atoms with Gasteiger partial charge >= 0.3 is 0 Å². The highest BCUT2D eigenvalue weighted by Crippen LogP contribution is 2.18. The van der Waals surface area contributed by atoms with Gasteiger partial charge in [-0.1, -0.05) is 26.8 Å². The maximum Gasteiger partial charge on any atom is 0.120 e. The first-order valence-electron chi connectivity index (χ1n) is 6.97. The van der Waals surface area contributed by atoms with Gasteiger partial charge in [0.25, 0.3) is 0 Å². The van der Waals surface area contributed by atoms with Gasteiger partial charge in [0, 0.05) is 6.54 Å². The minimum atomic E-state index is 0.255. The molecule has 0 saturated heterocycles. The summed E-state index contributed by atoms with van der Waals surface area (Å²) in [5.41, 5.74) is 2.52. The van der Waals surface area contributed by atoms with Gasteiger partial charge in [0.15, 0.2) is 0 Å². The molecule has 0 aliphatic rings. The molecular weight excluding hydrogens is 222 g/mol. The van der Waals surface area contributed by atoms with Crippen LogP contribution in [0.1, 0.15) is 38.3 Å². The second kappa shape index (κ2) is 7.42. The van der Waals surface area contributed by atoms with Gasteiger partial charge in [-0.2, -0.15) is 0 Å². The van der Waals surface area contributed by atoms with Crippen molar-refractivity contribution in [1.29, 1.82) is 0 Å². The molecule has 1 rings (SSSR count). The van der Waals surface area contributed by atoms with E-state index in [9.17, 15) is 0 Å². The zero-order valence-corrected chi connectivity index (χ0v) is 12.4. The van der Waals surface area contributed by atoms with Crippen LogP contribution in [0.4, 0.5) is 0 Å². The lowest BCUT2D eigenvalue weighted by Gasteiger charge is -2.19. The molecular formula is C16H27NO. The highest BCUT2D eigenvalue weighted by molar-refractivity contribution is 5.33. The van der Waals surface area contributed by atoms with Crippen LogP contribution >= 0.6 is 0 Å². The molecule has 0 saturated carbocycles. The lowest BCUT2D eigenvalue weighted by Crippen LogP contribution is -2.33. The number of aryl methyl sites for hydroxylation is 2. The lowest BCUT2D eigenvalue weighted by molar-refractivity contribution is 0.192. The Bertz CT molecular complexity index is 340. The summed E-state index contributed by atoms with van der Waals surface area (Å²) in [6, 6.07) is 6.39. The molecule has 1 aromatic carbocycles. The molecule has 102 valence electrons. The number of rotatable bonds is 7. The molecule has 0 aliphatic carbocycles. The Morgan fingerprint density at radius 1 is 1.06 bits per heavy atom. The van der Waals surface area contributed by atoms with E-state index in [-0.39, 0.29) is 6.10 Å². The molecule has 0 radical (unpaired) electrons. The van der Waals surface area contributed by atoms with Crippen molar-refractivity contribution < 1.29 is 4.74 Å². The molecule has 0 fully saturated rings. The van der Waals surface area contributed by atoms with Gasteiger partial charge in [0.2, 0.25) is 0 Å². The Hall–Kier alpha value is -1.02. The highest BCUT2D eigenvalue weighted by atomic mass is 16.5. The van der Waals surface area contributed by atoms with Crippen molar-refractivity contribution in [3.05, 3.63) is 29.3 Å². The van der Waals surface area contributed by atoms with E-state index in [1.54, 1.807) is 0 Å². The SMILES string of the molecule is CCC(CNCC(C)C)Oc1cc(C)cc(C)c1. The summed E-state index contributed by atoms with van der Waals surface area (Å²) in [5, 5.41) is 3.46. The number of ether oxygens (including phenoxy) is 1. The van der Waals surface area contributed by atoms with Crippen molar-refractivity contribution in [2.45, 2.75) is 47.1 Å². The summed E-state index contributed by atoms with van der Waals surface area (Å²) in [4.78, 5) is 0. The van der Waals surface area contributed by atoms with Crippen molar-refractivity contribution >= 4 is 0 Å². The van der Waals surface area contributed by atoms with Gasteiger partial charge in [-0.3, -0.25) is 0 Å². The van der Waals surface area contributed by atoms with Crippen LogP contribution in [0, 0.1) is 19.8 Å². The lowest BCUT2D eigenvalue weighted by atomic mass is 10.1. The summed E-state index contributed by atoms with van der Waals surface area (Å²) in [6.07, 6.45) is 1.28. The van der Waals surface area contributed by atoms with E-state index >= 15 is 0 Å². The molecule has 0 spiro atoms. The summed E-state index contributed by atoms with van der Waals surface area (Å²) in [7, 11) is 0. The molecule has 1 aromatic rings. The molecule has 0 aliphatic heterocycles. The minimum Gasteiger partial charge on any atom is -0.489 e. The quantitative estimate of drug-likeness (QED) is 0.795. The fourth-order valence-corrected chi connectivity index (χ4v) is 2.00. The van der Waals surface area contributed by atoms with Gasteiger partial charge in [0.05, 0.1) is 0 Å². The standard InChI is InChI=1S/C16H27NO/c1-6-15(11-17-10-12(2)3)18-16-8-13(4)7-14(5)9-16/h7-9,12,15,17H,6,10-11H2,1-5H3. The molecule has 1 N–H and O–H groups in total. The van der Waals surface area contributed by atoms with E-state index < -0.39 is 0 Å². The van der Waals surface area contributed by atoms with Gasteiger partial charge in [-0.15, -0.1) is 0 Å². The first-order chi connectivity index (χ1) is 8.51. The Balaban J connectivity index is 2.51. The summed E-state index contributed by atoms with van der Waals surface area (Å²) in [5.74, 6) is 1.68. The fourth-order valence-electron chi connectivity index (χ4n) is 2.00. The highest BCUT2D eigenvalue weighted by Gasteiger charge is 2.08. The average Bonchev–Trinajstić information content (AvgIpc) is 2.25. The Morgan fingerprint density at radius 3 is 2.17 bits per heavy atom. The van der Waals surface area contributed by atoms with Crippen LogP contribution in [0.5, 0.6) is 5.75 Å². The molecule has 0 amide bonds. The largest absolute Gasteiger partial charge is 0.489 e. The van der Waals surface area contributed by atoms with Crippen LogP contribution < -0.4 is 10.1 Å². The smallest absolute Gasteiger partial charge is 0.120 e. The zero-order chi connectivity index (χ0) is 13.5. The molecule has 0 heterocycles. The van der Waals surface area contributed by atoms with Crippen LogP contribution in [-0.4, -0.2) is 19.2 Å². The van der Waals surface area contributed by atoms with Gasteiger partial charge in [-0.05, 0) is 56.0 Å². The van der Waals surface area contributed by atoms with Crippen molar-refractivity contribution in [3.8, 4) is 5.75 Å². The molecule has 2 heteroatoms. The van der Waals surface area contributed by atoms with E-state index in [0.29, 0.717) is 5.92 Å². The average molecular weight is 249 g/mol.